The van der Waals surface area contributed by atoms with E-state index in [-0.39, 0.29) is 18.1 Å². The fourth-order valence-electron chi connectivity index (χ4n) is 2.11. The van der Waals surface area contributed by atoms with Crippen molar-refractivity contribution in [3.63, 3.8) is 0 Å². The number of Topliss-reactive ketones (excluding diaryl/α,β-unsaturated/α-hetero) is 1. The summed E-state index contributed by atoms with van der Waals surface area (Å²) in [7, 11) is 1.30. The molecular weight excluding hydrogens is 220 g/mol. The van der Waals surface area contributed by atoms with Crippen molar-refractivity contribution in [1.82, 2.24) is 0 Å². The Balaban J connectivity index is 2.34. The average Bonchev–Trinajstić information content (AvgIpc) is 2.66. The number of fused-ring (bicyclic) bond motifs is 1. The molecule has 1 aliphatic carbocycles. The molecule has 17 heavy (non-hydrogen) atoms. The maximum Gasteiger partial charge on any atom is 0.337 e. The minimum Gasteiger partial charge on any atom is -0.465 e. The number of hydrogen-bond donors (Lipinski definition) is 0. The van der Waals surface area contributed by atoms with Crippen LogP contribution >= 0.6 is 0 Å². The van der Waals surface area contributed by atoms with Gasteiger partial charge in [0.25, 0.3) is 0 Å². The lowest BCUT2D eigenvalue weighted by Crippen LogP contribution is -2.09. The molecule has 0 heterocycles. The first-order valence-electron chi connectivity index (χ1n) is 5.36. The van der Waals surface area contributed by atoms with E-state index in [9.17, 15) is 14.4 Å². The van der Waals surface area contributed by atoms with Gasteiger partial charge in [0.2, 0.25) is 0 Å². The number of aldehydes is 1. The van der Waals surface area contributed by atoms with Gasteiger partial charge in [-0.1, -0.05) is 6.07 Å². The summed E-state index contributed by atoms with van der Waals surface area (Å²) in [5, 5.41) is 0. The van der Waals surface area contributed by atoms with E-state index in [0.717, 1.165) is 11.8 Å². The van der Waals surface area contributed by atoms with E-state index in [4.69, 9.17) is 0 Å². The van der Waals surface area contributed by atoms with E-state index < -0.39 is 5.97 Å². The zero-order valence-corrected chi connectivity index (χ0v) is 9.43. The normalized spacial score (nSPS) is 17.7. The van der Waals surface area contributed by atoms with Gasteiger partial charge in [0, 0.05) is 17.9 Å². The summed E-state index contributed by atoms with van der Waals surface area (Å²) in [6.45, 7) is 0. The number of benzene rings is 1. The molecule has 1 aliphatic rings. The van der Waals surface area contributed by atoms with E-state index in [0.29, 0.717) is 17.5 Å². The van der Waals surface area contributed by atoms with Crippen LogP contribution in [-0.4, -0.2) is 25.1 Å². The lowest BCUT2D eigenvalue weighted by Gasteiger charge is -2.01. The Kier molecular flexibility index (Phi) is 3.04. The van der Waals surface area contributed by atoms with Crippen LogP contribution in [0.5, 0.6) is 0 Å². The lowest BCUT2D eigenvalue weighted by atomic mass is 10.0. The van der Waals surface area contributed by atoms with Crippen LogP contribution in [-0.2, 0) is 16.0 Å². The van der Waals surface area contributed by atoms with E-state index in [1.54, 1.807) is 18.2 Å². The van der Waals surface area contributed by atoms with Crippen molar-refractivity contribution in [3.05, 3.63) is 34.9 Å². The fraction of sp³-hybridized carbons (Fsp3) is 0.308. The Labute approximate surface area is 98.6 Å². The van der Waals surface area contributed by atoms with Crippen molar-refractivity contribution < 1.29 is 19.1 Å². The van der Waals surface area contributed by atoms with Gasteiger partial charge >= 0.3 is 5.97 Å². The SMILES string of the molecule is COC(=O)c1ccc2c(c1)C(=O)C(CC=O)C2. The maximum atomic E-state index is 11.9. The standard InChI is InChI=1S/C13H12O4/c1-17-13(16)10-3-2-8-6-9(4-5-14)12(15)11(8)7-10/h2-3,5,7,9H,4,6H2,1H3. The number of hydrogen-bond acceptors (Lipinski definition) is 4. The van der Waals surface area contributed by atoms with Crippen LogP contribution in [0, 0.1) is 5.92 Å². The third kappa shape index (κ3) is 1.98. The second kappa shape index (κ2) is 4.49. The van der Waals surface area contributed by atoms with E-state index in [1.807, 2.05) is 0 Å². The van der Waals surface area contributed by atoms with Gasteiger partial charge in [0.15, 0.2) is 5.78 Å². The third-order valence-corrected chi connectivity index (χ3v) is 3.01. The molecule has 4 heteroatoms. The number of rotatable bonds is 3. The topological polar surface area (TPSA) is 60.4 Å². The highest BCUT2D eigenvalue weighted by Crippen LogP contribution is 2.29. The summed E-state index contributed by atoms with van der Waals surface area (Å²) in [5.74, 6) is -0.785. The lowest BCUT2D eigenvalue weighted by molar-refractivity contribution is -0.108. The summed E-state index contributed by atoms with van der Waals surface area (Å²) < 4.78 is 4.60. The second-order valence-electron chi connectivity index (χ2n) is 4.03. The average molecular weight is 232 g/mol. The fourth-order valence-corrected chi connectivity index (χ4v) is 2.11. The molecule has 1 aromatic rings. The molecule has 0 spiro atoms. The molecule has 1 unspecified atom stereocenters. The molecular formula is C13H12O4. The first-order valence-corrected chi connectivity index (χ1v) is 5.36. The first-order chi connectivity index (χ1) is 8.17. The van der Waals surface area contributed by atoms with Crippen molar-refractivity contribution >= 4 is 18.0 Å². The predicted octanol–water partition coefficient (Wildman–Crippen LogP) is 1.42. The van der Waals surface area contributed by atoms with Gasteiger partial charge in [-0.15, -0.1) is 0 Å². The van der Waals surface area contributed by atoms with Gasteiger partial charge in [-0.3, -0.25) is 4.79 Å². The van der Waals surface area contributed by atoms with Crippen LogP contribution in [0.4, 0.5) is 0 Å². The van der Waals surface area contributed by atoms with Gasteiger partial charge in [-0.25, -0.2) is 4.79 Å². The van der Waals surface area contributed by atoms with Crippen molar-refractivity contribution in [2.75, 3.05) is 7.11 Å². The number of carbonyl (C=O) groups excluding carboxylic acids is 3. The third-order valence-electron chi connectivity index (χ3n) is 3.01. The Morgan fingerprint density at radius 2 is 2.29 bits per heavy atom. The van der Waals surface area contributed by atoms with Gasteiger partial charge < -0.3 is 9.53 Å². The number of ketones is 1. The predicted molar refractivity (Wildman–Crippen MR) is 60.0 cm³/mol. The zero-order chi connectivity index (χ0) is 12.4. The molecule has 0 aromatic heterocycles. The Morgan fingerprint density at radius 1 is 1.53 bits per heavy atom. The molecule has 0 bridgehead atoms. The van der Waals surface area contributed by atoms with Crippen LogP contribution in [0.3, 0.4) is 0 Å². The minimum absolute atomic E-state index is 0.0575. The number of carbonyl (C=O) groups is 3. The van der Waals surface area contributed by atoms with E-state index >= 15 is 0 Å². The molecule has 1 aromatic carbocycles. The molecule has 4 nitrogen and oxygen atoms in total. The summed E-state index contributed by atoms with van der Waals surface area (Å²) in [6, 6.07) is 4.94. The minimum atomic E-state index is -0.459. The van der Waals surface area contributed by atoms with Gasteiger partial charge in [0.05, 0.1) is 12.7 Å². The van der Waals surface area contributed by atoms with Gasteiger partial charge in [-0.05, 0) is 24.1 Å². The summed E-state index contributed by atoms with van der Waals surface area (Å²) in [6.07, 6.45) is 1.57. The maximum absolute atomic E-state index is 11.9. The summed E-state index contributed by atoms with van der Waals surface area (Å²) in [5.41, 5.74) is 1.81. The van der Waals surface area contributed by atoms with Crippen molar-refractivity contribution in [2.24, 2.45) is 5.92 Å². The van der Waals surface area contributed by atoms with Gasteiger partial charge in [0.1, 0.15) is 6.29 Å². The molecule has 0 amide bonds. The molecule has 2 rings (SSSR count). The second-order valence-corrected chi connectivity index (χ2v) is 4.03. The van der Waals surface area contributed by atoms with E-state index in [2.05, 4.69) is 4.74 Å². The molecule has 0 radical (unpaired) electrons. The Bertz CT molecular complexity index is 490. The van der Waals surface area contributed by atoms with Crippen LogP contribution in [0.15, 0.2) is 18.2 Å². The highest BCUT2D eigenvalue weighted by Gasteiger charge is 2.30. The molecule has 0 saturated heterocycles. The molecule has 0 saturated carbocycles. The molecule has 0 N–H and O–H groups in total. The smallest absolute Gasteiger partial charge is 0.337 e. The molecule has 0 aliphatic heterocycles. The van der Waals surface area contributed by atoms with Crippen LogP contribution in [0.25, 0.3) is 0 Å². The Hall–Kier alpha value is -1.97. The van der Waals surface area contributed by atoms with Crippen molar-refractivity contribution in [1.29, 1.82) is 0 Å². The van der Waals surface area contributed by atoms with Crippen molar-refractivity contribution in [2.45, 2.75) is 12.8 Å². The Morgan fingerprint density at radius 3 is 2.94 bits per heavy atom. The molecule has 88 valence electrons. The number of esters is 1. The first kappa shape index (κ1) is 11.5. The largest absolute Gasteiger partial charge is 0.465 e. The van der Waals surface area contributed by atoms with E-state index in [1.165, 1.54) is 7.11 Å². The number of ether oxygens (including phenoxy) is 1. The highest BCUT2D eigenvalue weighted by atomic mass is 16.5. The monoisotopic (exact) mass is 232 g/mol. The summed E-state index contributed by atoms with van der Waals surface area (Å²) in [4.78, 5) is 33.7. The quantitative estimate of drug-likeness (QED) is 0.584. The molecule has 0 fully saturated rings. The van der Waals surface area contributed by atoms with Gasteiger partial charge in [-0.2, -0.15) is 0 Å². The highest BCUT2D eigenvalue weighted by molar-refractivity contribution is 6.04. The number of methoxy groups -OCH3 is 1. The van der Waals surface area contributed by atoms with Crippen molar-refractivity contribution in [3.8, 4) is 0 Å². The summed E-state index contributed by atoms with van der Waals surface area (Å²) >= 11 is 0. The van der Waals surface area contributed by atoms with Crippen LogP contribution < -0.4 is 0 Å². The van der Waals surface area contributed by atoms with Crippen LogP contribution in [0.1, 0.15) is 32.7 Å². The molecule has 1 atom stereocenters. The zero-order valence-electron chi connectivity index (χ0n) is 9.43. The van der Waals surface area contributed by atoms with Crippen LogP contribution in [0.2, 0.25) is 0 Å².